The fourth-order valence-electron chi connectivity index (χ4n) is 3.99. The number of hydrogen-bond acceptors (Lipinski definition) is 5. The van der Waals surface area contributed by atoms with Crippen molar-refractivity contribution >= 4 is 28.6 Å². The van der Waals surface area contributed by atoms with Gasteiger partial charge in [-0.3, -0.25) is 14.2 Å². The molecule has 8 heteroatoms. The summed E-state index contributed by atoms with van der Waals surface area (Å²) in [6, 6.07) is 7.08. The standard InChI is InChI=1S/C21H23ClN4O3/c1-12-4-3-5-16(13(12)2)24-17(27)10-26-11-23-20-18(21(26)28)19(25-29-20)14-6-8-15(22)9-7-14/h6-9,11-13,16H,3-5,10H2,1-2H3,(H,24,27). The van der Waals surface area contributed by atoms with Gasteiger partial charge < -0.3 is 9.84 Å². The zero-order valence-electron chi connectivity index (χ0n) is 16.4. The Labute approximate surface area is 173 Å². The minimum Gasteiger partial charge on any atom is -0.352 e. The van der Waals surface area contributed by atoms with Gasteiger partial charge in [-0.15, -0.1) is 0 Å². The molecule has 0 spiro atoms. The molecule has 152 valence electrons. The van der Waals surface area contributed by atoms with Crippen LogP contribution >= 0.6 is 11.6 Å². The van der Waals surface area contributed by atoms with Crippen molar-refractivity contribution in [3.63, 3.8) is 0 Å². The molecule has 2 heterocycles. The third-order valence-electron chi connectivity index (χ3n) is 5.95. The van der Waals surface area contributed by atoms with Crippen LogP contribution in [0.25, 0.3) is 22.4 Å². The molecule has 4 rings (SSSR count). The number of nitrogens with zero attached hydrogens (tertiary/aromatic N) is 3. The Bertz CT molecular complexity index is 1090. The molecule has 1 aromatic carbocycles. The molecule has 7 nitrogen and oxygen atoms in total. The third kappa shape index (κ3) is 3.92. The average Bonchev–Trinajstić information content (AvgIpc) is 3.13. The summed E-state index contributed by atoms with van der Waals surface area (Å²) in [6.07, 6.45) is 4.59. The summed E-state index contributed by atoms with van der Waals surface area (Å²) < 4.78 is 6.51. The lowest BCUT2D eigenvalue weighted by molar-refractivity contribution is -0.123. The minimum absolute atomic E-state index is 0.0926. The van der Waals surface area contributed by atoms with Crippen LogP contribution in [0.1, 0.15) is 33.1 Å². The number of fused-ring (bicyclic) bond motifs is 1. The summed E-state index contributed by atoms with van der Waals surface area (Å²) in [5.41, 5.74) is 0.866. The van der Waals surface area contributed by atoms with Crippen LogP contribution in [-0.4, -0.2) is 26.7 Å². The van der Waals surface area contributed by atoms with Crippen LogP contribution in [0.3, 0.4) is 0 Å². The van der Waals surface area contributed by atoms with Gasteiger partial charge in [0.15, 0.2) is 0 Å². The number of nitrogens with one attached hydrogen (secondary N) is 1. The summed E-state index contributed by atoms with van der Waals surface area (Å²) >= 11 is 5.94. The van der Waals surface area contributed by atoms with Crippen LogP contribution in [0, 0.1) is 11.8 Å². The zero-order valence-corrected chi connectivity index (χ0v) is 17.1. The molecule has 29 heavy (non-hydrogen) atoms. The molecular formula is C21H23ClN4O3. The van der Waals surface area contributed by atoms with Gasteiger partial charge >= 0.3 is 0 Å². The molecule has 0 aliphatic heterocycles. The van der Waals surface area contributed by atoms with E-state index in [-0.39, 0.29) is 35.2 Å². The van der Waals surface area contributed by atoms with Crippen molar-refractivity contribution in [2.45, 2.75) is 45.7 Å². The Morgan fingerprint density at radius 2 is 2.03 bits per heavy atom. The lowest BCUT2D eigenvalue weighted by atomic mass is 9.78. The van der Waals surface area contributed by atoms with Gasteiger partial charge in [-0.2, -0.15) is 0 Å². The molecule has 0 bridgehead atoms. The molecule has 3 unspecified atom stereocenters. The van der Waals surface area contributed by atoms with E-state index in [1.54, 1.807) is 24.3 Å². The predicted octanol–water partition coefficient (Wildman–Crippen LogP) is 3.65. The van der Waals surface area contributed by atoms with Gasteiger partial charge in [0.1, 0.15) is 24.0 Å². The summed E-state index contributed by atoms with van der Waals surface area (Å²) in [5, 5.41) is 7.92. The van der Waals surface area contributed by atoms with E-state index in [4.69, 9.17) is 16.1 Å². The number of carbonyl (C=O) groups excluding carboxylic acids is 1. The van der Waals surface area contributed by atoms with Crippen LogP contribution in [0.5, 0.6) is 0 Å². The molecule has 0 saturated heterocycles. The fourth-order valence-corrected chi connectivity index (χ4v) is 4.12. The fraction of sp³-hybridized carbons (Fsp3) is 0.429. The predicted molar refractivity (Wildman–Crippen MR) is 111 cm³/mol. The maximum absolute atomic E-state index is 13.0. The van der Waals surface area contributed by atoms with E-state index in [1.165, 1.54) is 17.3 Å². The Hall–Kier alpha value is -2.67. The summed E-state index contributed by atoms with van der Waals surface area (Å²) in [5.74, 6) is 0.803. The molecule has 1 aliphatic rings. The van der Waals surface area contributed by atoms with Crippen LogP contribution < -0.4 is 10.9 Å². The van der Waals surface area contributed by atoms with Gasteiger partial charge in [0.05, 0.1) is 0 Å². The molecular weight excluding hydrogens is 392 g/mol. The summed E-state index contributed by atoms with van der Waals surface area (Å²) in [6.45, 7) is 4.30. The Kier molecular flexibility index (Phi) is 5.41. The monoisotopic (exact) mass is 414 g/mol. The van der Waals surface area contributed by atoms with Crippen molar-refractivity contribution in [2.75, 3.05) is 0 Å². The number of benzene rings is 1. The van der Waals surface area contributed by atoms with Crippen LogP contribution in [0.4, 0.5) is 0 Å². The first-order valence-corrected chi connectivity index (χ1v) is 10.2. The maximum atomic E-state index is 13.0. The van der Waals surface area contributed by atoms with Gasteiger partial charge in [0.25, 0.3) is 11.3 Å². The van der Waals surface area contributed by atoms with E-state index in [2.05, 4.69) is 29.3 Å². The van der Waals surface area contributed by atoms with Crippen LogP contribution in [0.15, 0.2) is 39.9 Å². The van der Waals surface area contributed by atoms with E-state index < -0.39 is 0 Å². The molecule has 1 saturated carbocycles. The van der Waals surface area contributed by atoms with Gasteiger partial charge in [0, 0.05) is 16.6 Å². The first kappa shape index (κ1) is 19.6. The Morgan fingerprint density at radius 1 is 1.28 bits per heavy atom. The maximum Gasteiger partial charge on any atom is 0.267 e. The topological polar surface area (TPSA) is 90.0 Å². The van der Waals surface area contributed by atoms with Gasteiger partial charge in [-0.05, 0) is 30.4 Å². The number of hydrogen-bond donors (Lipinski definition) is 1. The lowest BCUT2D eigenvalue weighted by Crippen LogP contribution is -2.45. The molecule has 1 N–H and O–H groups in total. The lowest BCUT2D eigenvalue weighted by Gasteiger charge is -2.34. The minimum atomic E-state index is -0.360. The second-order valence-electron chi connectivity index (χ2n) is 7.84. The molecule has 3 atom stereocenters. The SMILES string of the molecule is CC1CCCC(NC(=O)Cn2cnc3onc(-c4ccc(Cl)cc4)c3c2=O)C1C. The van der Waals surface area contributed by atoms with Crippen molar-refractivity contribution < 1.29 is 9.32 Å². The highest BCUT2D eigenvalue weighted by atomic mass is 35.5. The second-order valence-corrected chi connectivity index (χ2v) is 8.27. The third-order valence-corrected chi connectivity index (χ3v) is 6.20. The second kappa shape index (κ2) is 7.99. The van der Waals surface area contributed by atoms with Crippen molar-refractivity contribution in [2.24, 2.45) is 11.8 Å². The number of rotatable bonds is 4. The highest BCUT2D eigenvalue weighted by Gasteiger charge is 2.28. The summed E-state index contributed by atoms with van der Waals surface area (Å²) in [7, 11) is 0. The number of halogens is 1. The number of amides is 1. The Morgan fingerprint density at radius 3 is 2.79 bits per heavy atom. The van der Waals surface area contributed by atoms with Crippen molar-refractivity contribution in [1.82, 2.24) is 20.0 Å². The van der Waals surface area contributed by atoms with E-state index in [1.807, 2.05) is 0 Å². The Balaban J connectivity index is 1.59. The average molecular weight is 415 g/mol. The largest absolute Gasteiger partial charge is 0.352 e. The first-order valence-electron chi connectivity index (χ1n) is 9.84. The van der Waals surface area contributed by atoms with Gasteiger partial charge in [-0.25, -0.2) is 4.98 Å². The zero-order chi connectivity index (χ0) is 20.5. The van der Waals surface area contributed by atoms with Crippen LogP contribution in [-0.2, 0) is 11.3 Å². The van der Waals surface area contributed by atoms with Crippen LogP contribution in [0.2, 0.25) is 5.02 Å². The van der Waals surface area contributed by atoms with Crippen molar-refractivity contribution in [3.8, 4) is 11.3 Å². The highest BCUT2D eigenvalue weighted by Crippen LogP contribution is 2.29. The number of aromatic nitrogens is 3. The molecule has 3 aromatic rings. The molecule has 2 aromatic heterocycles. The van der Waals surface area contributed by atoms with E-state index in [9.17, 15) is 9.59 Å². The molecule has 1 fully saturated rings. The quantitative estimate of drug-likeness (QED) is 0.703. The highest BCUT2D eigenvalue weighted by molar-refractivity contribution is 6.30. The number of carbonyl (C=O) groups is 1. The summed E-state index contributed by atoms with van der Waals surface area (Å²) in [4.78, 5) is 29.8. The van der Waals surface area contributed by atoms with E-state index >= 15 is 0 Å². The van der Waals surface area contributed by atoms with E-state index in [0.717, 1.165) is 12.8 Å². The van der Waals surface area contributed by atoms with Crippen molar-refractivity contribution in [3.05, 3.63) is 46.0 Å². The smallest absolute Gasteiger partial charge is 0.267 e. The van der Waals surface area contributed by atoms with Crippen molar-refractivity contribution in [1.29, 1.82) is 0 Å². The van der Waals surface area contributed by atoms with Gasteiger partial charge in [-0.1, -0.05) is 55.6 Å². The van der Waals surface area contributed by atoms with E-state index in [0.29, 0.717) is 28.1 Å². The normalized spacial score (nSPS) is 22.0. The molecule has 1 amide bonds. The molecule has 1 aliphatic carbocycles. The first-order chi connectivity index (χ1) is 13.9. The molecule has 0 radical (unpaired) electrons. The van der Waals surface area contributed by atoms with Gasteiger partial charge in [0.2, 0.25) is 5.91 Å².